The number of nitrogens with zero attached hydrogens (tertiary/aromatic N) is 3. The summed E-state index contributed by atoms with van der Waals surface area (Å²) >= 11 is 5.88. The fourth-order valence-corrected chi connectivity index (χ4v) is 3.47. The maximum atomic E-state index is 13.2. The number of benzene rings is 1. The fraction of sp³-hybridized carbons (Fsp3) is 0.304. The van der Waals surface area contributed by atoms with Gasteiger partial charge < -0.3 is 21.1 Å². The summed E-state index contributed by atoms with van der Waals surface area (Å²) in [5, 5.41) is 31.7. The molecule has 186 valence electrons. The van der Waals surface area contributed by atoms with Gasteiger partial charge in [0.25, 0.3) is 0 Å². The minimum absolute atomic E-state index is 0.0397. The molecule has 1 unspecified atom stereocenters. The standard InChI is InChI=1S/C23H24ClF3N6O2/c1-12-8-17(11-33-14(3)31-32-22(12)33)29-9-18(13(2)28)20(30-10-19(34)23(25,26)27)21(35)15-4-6-16(24)7-5-15/h4-8,11,19,28-30,34H,9-10H2,1-3H3/b20-18-,28-13?. The predicted molar refractivity (Wildman–Crippen MR) is 127 cm³/mol. The number of anilines is 1. The molecule has 0 radical (unpaired) electrons. The minimum atomic E-state index is -4.87. The molecule has 0 aliphatic carbocycles. The van der Waals surface area contributed by atoms with Crippen molar-refractivity contribution in [2.45, 2.75) is 33.1 Å². The number of fused-ring (bicyclic) bond motifs is 1. The lowest BCUT2D eigenvalue weighted by Crippen LogP contribution is -2.40. The molecule has 0 saturated carbocycles. The van der Waals surface area contributed by atoms with Gasteiger partial charge in [-0.1, -0.05) is 11.6 Å². The van der Waals surface area contributed by atoms with Crippen LogP contribution in [0.5, 0.6) is 0 Å². The van der Waals surface area contributed by atoms with Gasteiger partial charge in [0.15, 0.2) is 11.8 Å². The molecule has 8 nitrogen and oxygen atoms in total. The largest absolute Gasteiger partial charge is 0.416 e. The molecule has 0 fully saturated rings. The molecule has 12 heteroatoms. The summed E-state index contributed by atoms with van der Waals surface area (Å²) in [4.78, 5) is 13.2. The van der Waals surface area contributed by atoms with Crippen LogP contribution in [-0.4, -0.2) is 56.6 Å². The van der Waals surface area contributed by atoms with E-state index in [1.807, 2.05) is 13.0 Å². The maximum absolute atomic E-state index is 13.2. The third-order valence-electron chi connectivity index (χ3n) is 5.27. The van der Waals surface area contributed by atoms with Gasteiger partial charge in [0, 0.05) is 41.2 Å². The van der Waals surface area contributed by atoms with Crippen LogP contribution in [0.2, 0.25) is 5.02 Å². The van der Waals surface area contributed by atoms with Crippen LogP contribution in [0.25, 0.3) is 5.65 Å². The van der Waals surface area contributed by atoms with Gasteiger partial charge in [-0.2, -0.15) is 13.2 Å². The molecule has 0 bridgehead atoms. The quantitative estimate of drug-likeness (QED) is 0.196. The van der Waals surface area contributed by atoms with E-state index in [4.69, 9.17) is 17.0 Å². The number of carbonyl (C=O) groups excluding carboxylic acids is 1. The molecule has 4 N–H and O–H groups in total. The Morgan fingerprint density at radius 1 is 1.23 bits per heavy atom. The molecular formula is C23H24ClF3N6O2. The van der Waals surface area contributed by atoms with Crippen molar-refractivity contribution >= 4 is 34.4 Å². The predicted octanol–water partition coefficient (Wildman–Crippen LogP) is 4.10. The molecule has 0 aliphatic rings. The van der Waals surface area contributed by atoms with Gasteiger partial charge in [-0.3, -0.25) is 9.20 Å². The van der Waals surface area contributed by atoms with Gasteiger partial charge in [0.2, 0.25) is 5.78 Å². The third-order valence-corrected chi connectivity index (χ3v) is 5.52. The topological polar surface area (TPSA) is 115 Å². The molecule has 1 aromatic carbocycles. The molecule has 0 amide bonds. The number of rotatable bonds is 9. The Balaban J connectivity index is 1.98. The maximum Gasteiger partial charge on any atom is 0.416 e. The summed E-state index contributed by atoms with van der Waals surface area (Å²) in [5.74, 6) is 0.0212. The van der Waals surface area contributed by atoms with Gasteiger partial charge >= 0.3 is 6.18 Å². The van der Waals surface area contributed by atoms with E-state index >= 15 is 0 Å². The molecule has 0 spiro atoms. The second-order valence-electron chi connectivity index (χ2n) is 7.96. The average Bonchev–Trinajstić information content (AvgIpc) is 3.16. The number of hydrogen-bond acceptors (Lipinski definition) is 7. The third kappa shape index (κ3) is 6.17. The number of aryl methyl sites for hydroxylation is 2. The molecule has 35 heavy (non-hydrogen) atoms. The van der Waals surface area contributed by atoms with Gasteiger partial charge in [-0.25, -0.2) is 0 Å². The van der Waals surface area contributed by atoms with Gasteiger partial charge in [-0.15, -0.1) is 10.2 Å². The summed E-state index contributed by atoms with van der Waals surface area (Å²) in [6, 6.07) is 7.63. The highest BCUT2D eigenvalue weighted by Gasteiger charge is 2.38. The zero-order valence-electron chi connectivity index (χ0n) is 19.2. The van der Waals surface area contributed by atoms with Crippen LogP contribution in [0.1, 0.15) is 28.7 Å². The lowest BCUT2D eigenvalue weighted by Gasteiger charge is -2.20. The van der Waals surface area contributed by atoms with E-state index in [1.54, 1.807) is 17.5 Å². The van der Waals surface area contributed by atoms with Crippen LogP contribution < -0.4 is 10.6 Å². The first kappa shape index (κ1) is 26.2. The Morgan fingerprint density at radius 2 is 1.89 bits per heavy atom. The molecule has 0 aliphatic heterocycles. The number of nitrogens with one attached hydrogen (secondary N) is 3. The molecule has 1 atom stereocenters. The molecule has 2 heterocycles. The Kier molecular flexibility index (Phi) is 7.81. The second-order valence-corrected chi connectivity index (χ2v) is 8.40. The fourth-order valence-electron chi connectivity index (χ4n) is 3.35. The summed E-state index contributed by atoms with van der Waals surface area (Å²) in [6.07, 6.45) is -5.82. The summed E-state index contributed by atoms with van der Waals surface area (Å²) in [7, 11) is 0. The Labute approximate surface area is 204 Å². The zero-order valence-corrected chi connectivity index (χ0v) is 19.9. The van der Waals surface area contributed by atoms with Crippen LogP contribution in [-0.2, 0) is 0 Å². The van der Waals surface area contributed by atoms with E-state index in [-0.39, 0.29) is 29.1 Å². The van der Waals surface area contributed by atoms with Crippen LogP contribution in [0.15, 0.2) is 47.8 Å². The number of halogens is 4. The van der Waals surface area contributed by atoms with E-state index in [0.717, 1.165) is 5.56 Å². The van der Waals surface area contributed by atoms with Crippen molar-refractivity contribution in [2.75, 3.05) is 18.4 Å². The summed E-state index contributed by atoms with van der Waals surface area (Å²) in [5.41, 5.74) is 2.17. The smallest absolute Gasteiger partial charge is 0.382 e. The number of aliphatic hydroxyl groups is 1. The Morgan fingerprint density at radius 3 is 2.49 bits per heavy atom. The van der Waals surface area contributed by atoms with E-state index in [2.05, 4.69) is 20.8 Å². The SMILES string of the molecule is CC(=N)/C(CNc1cc(C)c2nnc(C)n2c1)=C(\NCC(O)C(F)(F)F)C(=O)c1ccc(Cl)cc1. The highest BCUT2D eigenvalue weighted by molar-refractivity contribution is 6.30. The number of Topliss-reactive ketones (excluding diaryl/α,β-unsaturated/α-hetero) is 1. The number of hydrogen-bond donors (Lipinski definition) is 4. The minimum Gasteiger partial charge on any atom is -0.382 e. The molecule has 2 aromatic heterocycles. The van der Waals surface area contributed by atoms with Crippen molar-refractivity contribution in [1.82, 2.24) is 19.9 Å². The van der Waals surface area contributed by atoms with Crippen molar-refractivity contribution in [3.63, 3.8) is 0 Å². The summed E-state index contributed by atoms with van der Waals surface area (Å²) in [6.45, 7) is 4.05. The van der Waals surface area contributed by atoms with Crippen LogP contribution in [0.3, 0.4) is 0 Å². The highest BCUT2D eigenvalue weighted by Crippen LogP contribution is 2.22. The number of ketones is 1. The molecule has 3 rings (SSSR count). The normalized spacial score (nSPS) is 13.4. The second kappa shape index (κ2) is 10.4. The number of aliphatic hydroxyl groups excluding tert-OH is 1. The van der Waals surface area contributed by atoms with E-state index in [9.17, 15) is 23.1 Å². The number of carbonyl (C=O) groups is 1. The van der Waals surface area contributed by atoms with E-state index in [1.165, 1.54) is 31.2 Å². The lowest BCUT2D eigenvalue weighted by molar-refractivity contribution is -0.201. The van der Waals surface area contributed by atoms with Crippen LogP contribution in [0, 0.1) is 19.3 Å². The molecule has 0 saturated heterocycles. The Hall–Kier alpha value is -3.44. The molecular weight excluding hydrogens is 485 g/mol. The van der Waals surface area contributed by atoms with E-state index in [0.29, 0.717) is 22.2 Å². The zero-order chi connectivity index (χ0) is 25.9. The number of alkyl halides is 3. The van der Waals surface area contributed by atoms with Crippen molar-refractivity contribution < 1.29 is 23.1 Å². The van der Waals surface area contributed by atoms with Gasteiger partial charge in [-0.05, 0) is 56.7 Å². The molecule has 3 aromatic rings. The van der Waals surface area contributed by atoms with Crippen molar-refractivity contribution in [1.29, 1.82) is 5.41 Å². The average molecular weight is 509 g/mol. The van der Waals surface area contributed by atoms with Crippen molar-refractivity contribution in [2.24, 2.45) is 0 Å². The number of pyridine rings is 1. The number of aromatic nitrogens is 3. The van der Waals surface area contributed by atoms with E-state index < -0.39 is 24.6 Å². The summed E-state index contributed by atoms with van der Waals surface area (Å²) < 4.78 is 40.5. The first-order valence-electron chi connectivity index (χ1n) is 10.5. The van der Waals surface area contributed by atoms with Crippen LogP contribution in [0.4, 0.5) is 18.9 Å². The Bertz CT molecular complexity index is 1280. The van der Waals surface area contributed by atoms with Crippen LogP contribution >= 0.6 is 11.6 Å². The van der Waals surface area contributed by atoms with Gasteiger partial charge in [0.05, 0.1) is 11.4 Å². The monoisotopic (exact) mass is 508 g/mol. The first-order chi connectivity index (χ1) is 16.4. The first-order valence-corrected chi connectivity index (χ1v) is 10.9. The number of allylic oxidation sites excluding steroid dienone is 1. The van der Waals surface area contributed by atoms with Gasteiger partial charge in [0.1, 0.15) is 5.82 Å². The van der Waals surface area contributed by atoms with Crippen molar-refractivity contribution in [3.05, 3.63) is 69.8 Å². The van der Waals surface area contributed by atoms with Crippen molar-refractivity contribution in [3.8, 4) is 0 Å². The lowest BCUT2D eigenvalue weighted by atomic mass is 10.0. The highest BCUT2D eigenvalue weighted by atomic mass is 35.5.